The van der Waals surface area contributed by atoms with Crippen LogP contribution in [0.15, 0.2) is 12.1 Å². The molecule has 130 valence electrons. The van der Waals surface area contributed by atoms with Gasteiger partial charge in [-0.1, -0.05) is 53.7 Å². The van der Waals surface area contributed by atoms with Gasteiger partial charge in [0.05, 0.1) is 0 Å². The summed E-state index contributed by atoms with van der Waals surface area (Å²) in [6.45, 7) is 22.0. The molecular weight excluding hydrogens is 300 g/mol. The lowest BCUT2D eigenvalue weighted by Gasteiger charge is -2.30. The molecule has 0 spiro atoms. The van der Waals surface area contributed by atoms with E-state index in [0.29, 0.717) is 5.11 Å². The van der Waals surface area contributed by atoms with Gasteiger partial charge in [0.2, 0.25) is 0 Å². The maximum absolute atomic E-state index is 5.51. The van der Waals surface area contributed by atoms with Crippen LogP contribution in [-0.2, 0) is 10.8 Å². The van der Waals surface area contributed by atoms with E-state index in [9.17, 15) is 0 Å². The second-order valence-corrected chi connectivity index (χ2v) is 9.95. The zero-order chi connectivity index (χ0) is 18.2. The molecule has 0 aromatic heterocycles. The second-order valence-electron chi connectivity index (χ2n) is 9.54. The van der Waals surface area contributed by atoms with Crippen LogP contribution in [0.25, 0.3) is 0 Å². The molecule has 3 heteroatoms. The van der Waals surface area contributed by atoms with E-state index in [0.717, 1.165) is 5.69 Å². The third-order valence-electron chi connectivity index (χ3n) is 3.74. The first-order valence-corrected chi connectivity index (χ1v) is 8.77. The van der Waals surface area contributed by atoms with E-state index in [1.54, 1.807) is 0 Å². The van der Waals surface area contributed by atoms with E-state index in [1.165, 1.54) is 16.7 Å². The molecule has 0 aliphatic carbocycles. The van der Waals surface area contributed by atoms with Gasteiger partial charge in [0, 0.05) is 11.2 Å². The number of aryl methyl sites for hydroxylation is 1. The summed E-state index contributed by atoms with van der Waals surface area (Å²) in [5.74, 6) is 0. The topological polar surface area (TPSA) is 24.1 Å². The summed E-state index contributed by atoms with van der Waals surface area (Å²) < 4.78 is 0. The minimum Gasteiger partial charge on any atom is -0.358 e. The molecule has 0 aliphatic heterocycles. The van der Waals surface area contributed by atoms with Crippen molar-refractivity contribution in [3.63, 3.8) is 0 Å². The van der Waals surface area contributed by atoms with Gasteiger partial charge < -0.3 is 10.6 Å². The molecule has 0 bridgehead atoms. The zero-order valence-corrected chi connectivity index (χ0v) is 17.4. The Morgan fingerprint density at radius 3 is 1.78 bits per heavy atom. The predicted molar refractivity (Wildman–Crippen MR) is 108 cm³/mol. The predicted octanol–water partition coefficient (Wildman–Crippen LogP) is 5.67. The molecule has 0 fully saturated rings. The molecule has 1 aromatic rings. The Kier molecular flexibility index (Phi) is 5.58. The highest BCUT2D eigenvalue weighted by molar-refractivity contribution is 7.80. The lowest BCUT2D eigenvalue weighted by atomic mass is 9.78. The number of anilines is 1. The van der Waals surface area contributed by atoms with Crippen LogP contribution in [0.1, 0.15) is 79.0 Å². The van der Waals surface area contributed by atoms with Gasteiger partial charge in [-0.25, -0.2) is 0 Å². The molecule has 0 radical (unpaired) electrons. The van der Waals surface area contributed by atoms with Gasteiger partial charge in [-0.15, -0.1) is 0 Å². The van der Waals surface area contributed by atoms with Crippen molar-refractivity contribution in [3.8, 4) is 0 Å². The highest BCUT2D eigenvalue weighted by atomic mass is 32.1. The van der Waals surface area contributed by atoms with Crippen molar-refractivity contribution in [3.05, 3.63) is 28.8 Å². The van der Waals surface area contributed by atoms with Crippen LogP contribution in [0.5, 0.6) is 0 Å². The average Bonchev–Trinajstić information content (AvgIpc) is 2.25. The average molecular weight is 335 g/mol. The number of nitrogens with one attached hydrogen (secondary N) is 2. The summed E-state index contributed by atoms with van der Waals surface area (Å²) in [6, 6.07) is 4.60. The molecule has 0 saturated carbocycles. The minimum absolute atomic E-state index is 0.0473. The number of hydrogen-bond donors (Lipinski definition) is 2. The molecule has 23 heavy (non-hydrogen) atoms. The Morgan fingerprint density at radius 2 is 1.39 bits per heavy atom. The first kappa shape index (κ1) is 20.0. The molecule has 2 nitrogen and oxygen atoms in total. The van der Waals surface area contributed by atoms with E-state index < -0.39 is 0 Å². The van der Waals surface area contributed by atoms with Gasteiger partial charge in [0.25, 0.3) is 0 Å². The third kappa shape index (κ3) is 5.80. The molecule has 0 amide bonds. The fourth-order valence-corrected chi connectivity index (χ4v) is 2.87. The Balaban J connectivity index is 3.34. The first-order chi connectivity index (χ1) is 10.1. The van der Waals surface area contributed by atoms with Gasteiger partial charge in [-0.3, -0.25) is 0 Å². The Hall–Kier alpha value is -1.09. The van der Waals surface area contributed by atoms with Crippen LogP contribution in [0.4, 0.5) is 5.69 Å². The van der Waals surface area contributed by atoms with Crippen molar-refractivity contribution in [1.82, 2.24) is 5.32 Å². The Bertz CT molecular complexity index is 581. The second kappa shape index (κ2) is 6.43. The molecule has 1 aromatic carbocycles. The normalized spacial score (nSPS) is 13.0. The van der Waals surface area contributed by atoms with Crippen LogP contribution in [0.3, 0.4) is 0 Å². The molecule has 0 saturated heterocycles. The fourth-order valence-electron chi connectivity index (χ4n) is 2.46. The van der Waals surface area contributed by atoms with E-state index in [2.05, 4.69) is 92.0 Å². The minimum atomic E-state index is -0.0504. The van der Waals surface area contributed by atoms with Crippen LogP contribution < -0.4 is 10.6 Å². The van der Waals surface area contributed by atoms with Crippen molar-refractivity contribution >= 4 is 23.0 Å². The van der Waals surface area contributed by atoms with Gasteiger partial charge in [0.1, 0.15) is 0 Å². The SMILES string of the molecule is Cc1cc(C(C)(C)C)cc(C(C)(C)C)c1NC(=S)NC(C)(C)C. The number of thiocarbonyl (C=S) groups is 1. The summed E-state index contributed by atoms with van der Waals surface area (Å²) in [7, 11) is 0. The van der Waals surface area contributed by atoms with E-state index in [-0.39, 0.29) is 16.4 Å². The number of rotatable bonds is 1. The van der Waals surface area contributed by atoms with E-state index in [4.69, 9.17) is 12.2 Å². The lowest BCUT2D eigenvalue weighted by Crippen LogP contribution is -2.43. The standard InChI is InChI=1S/C20H34N2S/c1-13-11-14(18(2,3)4)12-15(19(5,6)7)16(13)21-17(23)22-20(8,9)10/h11-12H,1-10H3,(H2,21,22,23). The van der Waals surface area contributed by atoms with Gasteiger partial charge in [0.15, 0.2) is 5.11 Å². The Morgan fingerprint density at radius 1 is 0.870 bits per heavy atom. The van der Waals surface area contributed by atoms with Crippen LogP contribution >= 0.6 is 12.2 Å². The number of benzene rings is 1. The maximum Gasteiger partial charge on any atom is 0.171 e. The van der Waals surface area contributed by atoms with Crippen LogP contribution in [0, 0.1) is 6.92 Å². The van der Waals surface area contributed by atoms with Gasteiger partial charge in [-0.2, -0.15) is 0 Å². The summed E-state index contributed by atoms with van der Waals surface area (Å²) in [5.41, 5.74) is 5.16. The first-order valence-electron chi connectivity index (χ1n) is 8.36. The molecular formula is C20H34N2S. The fraction of sp³-hybridized carbons (Fsp3) is 0.650. The highest BCUT2D eigenvalue weighted by Crippen LogP contribution is 2.36. The summed E-state index contributed by atoms with van der Waals surface area (Å²) in [6.07, 6.45) is 0. The molecule has 0 unspecified atom stereocenters. The van der Waals surface area contributed by atoms with E-state index >= 15 is 0 Å². The van der Waals surface area contributed by atoms with Gasteiger partial charge >= 0.3 is 0 Å². The molecule has 1 rings (SSSR count). The van der Waals surface area contributed by atoms with Crippen LogP contribution in [-0.4, -0.2) is 10.7 Å². The molecule has 0 atom stereocenters. The largest absolute Gasteiger partial charge is 0.358 e. The molecule has 2 N–H and O–H groups in total. The lowest BCUT2D eigenvalue weighted by molar-refractivity contribution is 0.514. The summed E-state index contributed by atoms with van der Waals surface area (Å²) in [4.78, 5) is 0. The molecule has 0 aliphatic rings. The van der Waals surface area contributed by atoms with Crippen molar-refractivity contribution < 1.29 is 0 Å². The van der Waals surface area contributed by atoms with Crippen molar-refractivity contribution in [2.45, 2.75) is 85.6 Å². The maximum atomic E-state index is 5.51. The smallest absolute Gasteiger partial charge is 0.171 e. The highest BCUT2D eigenvalue weighted by Gasteiger charge is 2.24. The van der Waals surface area contributed by atoms with Crippen molar-refractivity contribution in [2.24, 2.45) is 0 Å². The summed E-state index contributed by atoms with van der Waals surface area (Å²) in [5, 5.41) is 7.46. The molecule has 0 heterocycles. The van der Waals surface area contributed by atoms with Crippen LogP contribution in [0.2, 0.25) is 0 Å². The zero-order valence-electron chi connectivity index (χ0n) is 16.6. The number of hydrogen-bond acceptors (Lipinski definition) is 1. The third-order valence-corrected chi connectivity index (χ3v) is 3.94. The van der Waals surface area contributed by atoms with Gasteiger partial charge in [-0.05, 0) is 67.4 Å². The van der Waals surface area contributed by atoms with Crippen molar-refractivity contribution in [2.75, 3.05) is 5.32 Å². The quantitative estimate of drug-likeness (QED) is 0.647. The monoisotopic (exact) mass is 334 g/mol. The van der Waals surface area contributed by atoms with Crippen molar-refractivity contribution in [1.29, 1.82) is 0 Å². The summed E-state index contributed by atoms with van der Waals surface area (Å²) >= 11 is 5.51. The van der Waals surface area contributed by atoms with E-state index in [1.807, 2.05) is 0 Å². The Labute approximate surface area is 148 Å².